The van der Waals surface area contributed by atoms with E-state index in [1.807, 2.05) is 31.2 Å². The molecule has 0 aliphatic rings. The number of alkyl halides is 2. The predicted octanol–water partition coefficient (Wildman–Crippen LogP) is 3.68. The maximum absolute atomic E-state index is 12.2. The standard InChI is InChI=1S/C18H21F2NO3/c1-12(13-6-8-15(23-2)9-7-13)21-11-17(22)14-4-3-5-16(10-14)24-18(19)20/h3-10,12,17-18,21-22H,11H2,1-2H3. The Labute approximate surface area is 140 Å². The summed E-state index contributed by atoms with van der Waals surface area (Å²) in [4.78, 5) is 0. The molecule has 2 rings (SSSR count). The molecule has 2 aromatic rings. The van der Waals surface area contributed by atoms with E-state index in [9.17, 15) is 13.9 Å². The van der Waals surface area contributed by atoms with E-state index >= 15 is 0 Å². The van der Waals surface area contributed by atoms with Crippen molar-refractivity contribution in [2.45, 2.75) is 25.7 Å². The van der Waals surface area contributed by atoms with Crippen molar-refractivity contribution in [2.24, 2.45) is 0 Å². The number of hydrogen-bond donors (Lipinski definition) is 2. The zero-order valence-corrected chi connectivity index (χ0v) is 13.6. The van der Waals surface area contributed by atoms with E-state index in [0.717, 1.165) is 11.3 Å². The zero-order valence-electron chi connectivity index (χ0n) is 13.6. The van der Waals surface area contributed by atoms with Crippen LogP contribution in [0.15, 0.2) is 48.5 Å². The summed E-state index contributed by atoms with van der Waals surface area (Å²) in [5.41, 5.74) is 1.57. The number of ether oxygens (including phenoxy) is 2. The van der Waals surface area contributed by atoms with Crippen molar-refractivity contribution in [2.75, 3.05) is 13.7 Å². The highest BCUT2D eigenvalue weighted by atomic mass is 19.3. The van der Waals surface area contributed by atoms with Crippen LogP contribution in [-0.2, 0) is 0 Å². The monoisotopic (exact) mass is 337 g/mol. The Balaban J connectivity index is 1.93. The summed E-state index contributed by atoms with van der Waals surface area (Å²) < 4.78 is 33.9. The van der Waals surface area contributed by atoms with Gasteiger partial charge in [-0.05, 0) is 42.3 Å². The summed E-state index contributed by atoms with van der Waals surface area (Å²) in [5, 5.41) is 13.4. The second-order valence-corrected chi connectivity index (χ2v) is 5.37. The van der Waals surface area contributed by atoms with Crippen molar-refractivity contribution >= 4 is 0 Å². The van der Waals surface area contributed by atoms with Crippen LogP contribution in [0, 0.1) is 0 Å². The minimum atomic E-state index is -2.88. The third-order valence-electron chi connectivity index (χ3n) is 3.70. The lowest BCUT2D eigenvalue weighted by molar-refractivity contribution is -0.0499. The molecule has 0 saturated heterocycles. The smallest absolute Gasteiger partial charge is 0.387 e. The first-order valence-electron chi connectivity index (χ1n) is 7.59. The van der Waals surface area contributed by atoms with Crippen LogP contribution >= 0.6 is 0 Å². The molecular formula is C18H21F2NO3. The molecule has 0 saturated carbocycles. The van der Waals surface area contributed by atoms with Crippen molar-refractivity contribution < 1.29 is 23.4 Å². The van der Waals surface area contributed by atoms with Crippen molar-refractivity contribution in [1.82, 2.24) is 5.32 Å². The highest BCUT2D eigenvalue weighted by molar-refractivity contribution is 5.31. The fourth-order valence-corrected chi connectivity index (χ4v) is 2.31. The molecule has 0 spiro atoms. The average Bonchev–Trinajstić information content (AvgIpc) is 2.59. The van der Waals surface area contributed by atoms with E-state index in [2.05, 4.69) is 10.1 Å². The summed E-state index contributed by atoms with van der Waals surface area (Å²) in [6.07, 6.45) is -0.827. The van der Waals surface area contributed by atoms with Crippen LogP contribution in [0.2, 0.25) is 0 Å². The lowest BCUT2D eigenvalue weighted by Crippen LogP contribution is -2.24. The largest absolute Gasteiger partial charge is 0.497 e. The molecule has 0 bridgehead atoms. The minimum absolute atomic E-state index is 0.0195. The quantitative estimate of drug-likeness (QED) is 0.771. The van der Waals surface area contributed by atoms with Gasteiger partial charge in [0.05, 0.1) is 13.2 Å². The molecule has 0 amide bonds. The van der Waals surface area contributed by atoms with Gasteiger partial charge in [-0.1, -0.05) is 24.3 Å². The van der Waals surface area contributed by atoms with Gasteiger partial charge in [0.25, 0.3) is 0 Å². The molecule has 0 aliphatic carbocycles. The molecule has 6 heteroatoms. The molecule has 0 aromatic heterocycles. The lowest BCUT2D eigenvalue weighted by atomic mass is 10.1. The van der Waals surface area contributed by atoms with Gasteiger partial charge in [0.1, 0.15) is 11.5 Å². The van der Waals surface area contributed by atoms with Crippen molar-refractivity contribution in [3.05, 3.63) is 59.7 Å². The van der Waals surface area contributed by atoms with Gasteiger partial charge in [-0.25, -0.2) is 0 Å². The fraction of sp³-hybridized carbons (Fsp3) is 0.333. The van der Waals surface area contributed by atoms with Crippen molar-refractivity contribution in [3.8, 4) is 11.5 Å². The van der Waals surface area contributed by atoms with Gasteiger partial charge in [0, 0.05) is 12.6 Å². The lowest BCUT2D eigenvalue weighted by Gasteiger charge is -2.18. The highest BCUT2D eigenvalue weighted by Gasteiger charge is 2.12. The zero-order chi connectivity index (χ0) is 17.5. The molecular weight excluding hydrogens is 316 g/mol. The number of aliphatic hydroxyl groups excluding tert-OH is 1. The van der Waals surface area contributed by atoms with Crippen LogP contribution in [0.25, 0.3) is 0 Å². The molecule has 2 N–H and O–H groups in total. The van der Waals surface area contributed by atoms with E-state index in [-0.39, 0.29) is 18.3 Å². The number of aliphatic hydroxyl groups is 1. The van der Waals surface area contributed by atoms with Gasteiger partial charge >= 0.3 is 6.61 Å². The molecule has 4 nitrogen and oxygen atoms in total. The van der Waals surface area contributed by atoms with E-state index in [1.54, 1.807) is 19.2 Å². The van der Waals surface area contributed by atoms with Crippen LogP contribution in [0.4, 0.5) is 8.78 Å². The summed E-state index contributed by atoms with van der Waals surface area (Å²) in [6, 6.07) is 13.7. The second-order valence-electron chi connectivity index (χ2n) is 5.37. The SMILES string of the molecule is COc1ccc(C(C)NCC(O)c2cccc(OC(F)F)c2)cc1. The summed E-state index contributed by atoms with van der Waals surface area (Å²) in [5.74, 6) is 0.812. The van der Waals surface area contributed by atoms with Gasteiger partial charge in [0.15, 0.2) is 0 Å². The Hall–Kier alpha value is -2.18. The third kappa shape index (κ3) is 5.18. The molecule has 24 heavy (non-hydrogen) atoms. The van der Waals surface area contributed by atoms with E-state index in [0.29, 0.717) is 5.56 Å². The third-order valence-corrected chi connectivity index (χ3v) is 3.70. The van der Waals surface area contributed by atoms with E-state index in [1.165, 1.54) is 12.1 Å². The Morgan fingerprint density at radius 3 is 2.38 bits per heavy atom. The molecule has 2 atom stereocenters. The molecule has 0 radical (unpaired) electrons. The van der Waals surface area contributed by atoms with E-state index in [4.69, 9.17) is 4.74 Å². The number of benzene rings is 2. The Morgan fingerprint density at radius 2 is 1.75 bits per heavy atom. The molecule has 0 fully saturated rings. The van der Waals surface area contributed by atoms with Crippen LogP contribution < -0.4 is 14.8 Å². The van der Waals surface area contributed by atoms with Gasteiger partial charge < -0.3 is 19.9 Å². The number of methoxy groups -OCH3 is 1. The minimum Gasteiger partial charge on any atom is -0.497 e. The van der Waals surface area contributed by atoms with Crippen molar-refractivity contribution in [1.29, 1.82) is 0 Å². The Bertz CT molecular complexity index is 634. The maximum atomic E-state index is 12.2. The molecule has 2 aromatic carbocycles. The number of halogens is 2. The first-order chi connectivity index (χ1) is 11.5. The van der Waals surface area contributed by atoms with Crippen molar-refractivity contribution in [3.63, 3.8) is 0 Å². The summed E-state index contributed by atoms with van der Waals surface area (Å²) in [6.45, 7) is -0.624. The first kappa shape index (κ1) is 18.2. The fourth-order valence-electron chi connectivity index (χ4n) is 2.31. The molecule has 0 heterocycles. The van der Waals surface area contributed by atoms with Crippen LogP contribution in [0.5, 0.6) is 11.5 Å². The van der Waals surface area contributed by atoms with Gasteiger partial charge in [-0.3, -0.25) is 0 Å². The Morgan fingerprint density at radius 1 is 1.04 bits per heavy atom. The van der Waals surface area contributed by atoms with E-state index < -0.39 is 12.7 Å². The van der Waals surface area contributed by atoms with Crippen LogP contribution in [-0.4, -0.2) is 25.4 Å². The maximum Gasteiger partial charge on any atom is 0.387 e. The van der Waals surface area contributed by atoms with Crippen LogP contribution in [0.1, 0.15) is 30.2 Å². The first-order valence-corrected chi connectivity index (χ1v) is 7.59. The Kier molecular flexibility index (Phi) is 6.52. The molecule has 0 aliphatic heterocycles. The molecule has 2 unspecified atom stereocenters. The topological polar surface area (TPSA) is 50.7 Å². The predicted molar refractivity (Wildman–Crippen MR) is 87.4 cm³/mol. The van der Waals surface area contributed by atoms with Gasteiger partial charge in [-0.15, -0.1) is 0 Å². The van der Waals surface area contributed by atoms with Gasteiger partial charge in [0.2, 0.25) is 0 Å². The summed E-state index contributed by atoms with van der Waals surface area (Å²) >= 11 is 0. The number of nitrogens with one attached hydrogen (secondary N) is 1. The average molecular weight is 337 g/mol. The van der Waals surface area contributed by atoms with Gasteiger partial charge in [-0.2, -0.15) is 8.78 Å². The van der Waals surface area contributed by atoms with Crippen LogP contribution in [0.3, 0.4) is 0 Å². The summed E-state index contributed by atoms with van der Waals surface area (Å²) in [7, 11) is 1.61. The molecule has 130 valence electrons. The second kappa shape index (κ2) is 8.61. The normalized spacial score (nSPS) is 13.6. The highest BCUT2D eigenvalue weighted by Crippen LogP contribution is 2.22. The number of hydrogen-bond acceptors (Lipinski definition) is 4. The number of rotatable bonds is 8.